The molecule has 0 N–H and O–H groups in total. The van der Waals surface area contributed by atoms with E-state index in [-0.39, 0.29) is 16.4 Å². The van der Waals surface area contributed by atoms with E-state index in [1.807, 2.05) is 13.8 Å². The Balaban J connectivity index is 2.35. The average molecular weight is 498 g/mol. The number of benzene rings is 2. The fraction of sp³-hybridized carbons (Fsp3) is 0.364. The number of ether oxygens (including phenoxy) is 4. The van der Waals surface area contributed by atoms with Gasteiger partial charge in [0.2, 0.25) is 6.04 Å². The molecule has 2 aromatic carbocycles. The summed E-state index contributed by atoms with van der Waals surface area (Å²) in [5.74, 6) is 0.210. The Morgan fingerprint density at radius 3 is 2.09 bits per heavy atom. The van der Waals surface area contributed by atoms with Crippen LogP contribution in [0.3, 0.4) is 0 Å². The highest BCUT2D eigenvalue weighted by Crippen LogP contribution is 2.39. The monoisotopic (exact) mass is 497 g/mol. The Hall–Kier alpha value is -3.04. The molecule has 0 saturated heterocycles. The molecule has 0 aliphatic rings. The standard InChI is InChI=1S/C22H25Cl2N3O6/c1-6-32-16-10-15(11-17(12-16)33-7-2)27(24)22(29)20(13(3)28)26-25-14-8-18(23)21(31-5)19(9-14)30-4/h8-12,20H,6-7H2,1-5H3. The number of methoxy groups -OCH3 is 2. The van der Waals surface area contributed by atoms with Gasteiger partial charge in [0.05, 0.1) is 43.8 Å². The minimum absolute atomic E-state index is 0.228. The minimum Gasteiger partial charge on any atom is -0.494 e. The molecule has 0 aromatic heterocycles. The Bertz CT molecular complexity index is 1010. The van der Waals surface area contributed by atoms with Crippen molar-refractivity contribution in [1.82, 2.24) is 0 Å². The average Bonchev–Trinajstić information content (AvgIpc) is 2.78. The quantitative estimate of drug-likeness (QED) is 0.234. The van der Waals surface area contributed by atoms with Gasteiger partial charge in [-0.1, -0.05) is 11.6 Å². The summed E-state index contributed by atoms with van der Waals surface area (Å²) in [6.07, 6.45) is 0. The summed E-state index contributed by atoms with van der Waals surface area (Å²) >= 11 is 12.5. The van der Waals surface area contributed by atoms with Gasteiger partial charge in [0.15, 0.2) is 17.3 Å². The summed E-state index contributed by atoms with van der Waals surface area (Å²) in [7, 11) is 2.89. The number of ketones is 1. The molecule has 9 nitrogen and oxygen atoms in total. The number of hydrogen-bond acceptors (Lipinski definition) is 8. The maximum absolute atomic E-state index is 13.0. The molecule has 0 bridgehead atoms. The first-order valence-electron chi connectivity index (χ1n) is 9.98. The lowest BCUT2D eigenvalue weighted by atomic mass is 10.2. The Morgan fingerprint density at radius 2 is 1.61 bits per heavy atom. The summed E-state index contributed by atoms with van der Waals surface area (Å²) in [5.41, 5.74) is 0.515. The van der Waals surface area contributed by atoms with Crippen LogP contribution in [0.4, 0.5) is 11.4 Å². The number of carbonyl (C=O) groups is 2. The van der Waals surface area contributed by atoms with Gasteiger partial charge in [-0.3, -0.25) is 9.59 Å². The number of Topliss-reactive ketones (excluding diaryl/α,β-unsaturated/α-hetero) is 1. The molecular weight excluding hydrogens is 473 g/mol. The number of amides is 1. The molecule has 0 saturated carbocycles. The summed E-state index contributed by atoms with van der Waals surface area (Å²) in [6, 6.07) is 6.27. The Morgan fingerprint density at radius 1 is 1.00 bits per heavy atom. The van der Waals surface area contributed by atoms with Gasteiger partial charge in [0.1, 0.15) is 11.5 Å². The first-order valence-corrected chi connectivity index (χ1v) is 10.7. The smallest absolute Gasteiger partial charge is 0.276 e. The molecule has 2 rings (SSSR count). The second kappa shape index (κ2) is 12.3. The SMILES string of the molecule is CCOc1cc(OCC)cc(N(Cl)C(=O)C(N=Nc2cc(Cl)c(OC)c(OC)c2)C(C)=O)c1. The number of rotatable bonds is 11. The third-order valence-electron chi connectivity index (χ3n) is 4.23. The van der Waals surface area contributed by atoms with E-state index >= 15 is 0 Å². The predicted molar refractivity (Wildman–Crippen MR) is 126 cm³/mol. The highest BCUT2D eigenvalue weighted by molar-refractivity contribution is 6.39. The molecule has 178 valence electrons. The lowest BCUT2D eigenvalue weighted by molar-refractivity contribution is -0.126. The van der Waals surface area contributed by atoms with Crippen LogP contribution < -0.4 is 23.4 Å². The molecule has 2 aromatic rings. The molecule has 1 amide bonds. The molecule has 0 spiro atoms. The lowest BCUT2D eigenvalue weighted by Gasteiger charge is -2.19. The van der Waals surface area contributed by atoms with E-state index in [1.54, 1.807) is 18.2 Å². The van der Waals surface area contributed by atoms with Gasteiger partial charge in [0, 0.05) is 36.0 Å². The Labute approximate surface area is 202 Å². The number of halogens is 2. The zero-order valence-electron chi connectivity index (χ0n) is 18.9. The molecule has 1 unspecified atom stereocenters. The van der Waals surface area contributed by atoms with Crippen LogP contribution in [0, 0.1) is 0 Å². The van der Waals surface area contributed by atoms with Gasteiger partial charge in [-0.05, 0) is 26.8 Å². The molecule has 33 heavy (non-hydrogen) atoms. The van der Waals surface area contributed by atoms with Crippen molar-refractivity contribution >= 4 is 46.4 Å². The molecule has 11 heteroatoms. The minimum atomic E-state index is -1.49. The van der Waals surface area contributed by atoms with Crippen LogP contribution in [0.5, 0.6) is 23.0 Å². The zero-order valence-corrected chi connectivity index (χ0v) is 20.4. The van der Waals surface area contributed by atoms with Gasteiger partial charge >= 0.3 is 0 Å². The normalized spacial score (nSPS) is 11.7. The maximum Gasteiger partial charge on any atom is 0.276 e. The largest absolute Gasteiger partial charge is 0.494 e. The van der Waals surface area contributed by atoms with Gasteiger partial charge in [-0.15, -0.1) is 0 Å². The van der Waals surface area contributed by atoms with Crippen molar-refractivity contribution in [3.8, 4) is 23.0 Å². The molecule has 0 heterocycles. The number of nitrogens with zero attached hydrogens (tertiary/aromatic N) is 3. The van der Waals surface area contributed by atoms with Crippen LogP contribution in [0.15, 0.2) is 40.6 Å². The molecular formula is C22H25Cl2N3O6. The van der Waals surface area contributed by atoms with Crippen molar-refractivity contribution in [3.05, 3.63) is 35.4 Å². The summed E-state index contributed by atoms with van der Waals surface area (Å²) in [4.78, 5) is 25.2. The van der Waals surface area contributed by atoms with Crippen molar-refractivity contribution in [2.75, 3.05) is 31.9 Å². The topological polar surface area (TPSA) is 99.0 Å². The van der Waals surface area contributed by atoms with Gasteiger partial charge < -0.3 is 18.9 Å². The lowest BCUT2D eigenvalue weighted by Crippen LogP contribution is -2.36. The van der Waals surface area contributed by atoms with Crippen molar-refractivity contribution < 1.29 is 28.5 Å². The number of carbonyl (C=O) groups excluding carboxylic acids is 2. The highest BCUT2D eigenvalue weighted by atomic mass is 35.5. The zero-order chi connectivity index (χ0) is 24.5. The summed E-state index contributed by atoms with van der Waals surface area (Å²) < 4.78 is 22.2. The van der Waals surface area contributed by atoms with Crippen LogP contribution >= 0.6 is 23.4 Å². The number of azo groups is 1. The number of anilines is 1. The van der Waals surface area contributed by atoms with Crippen LogP contribution in [0.1, 0.15) is 20.8 Å². The van der Waals surface area contributed by atoms with Gasteiger partial charge in [-0.25, -0.2) is 4.42 Å². The fourth-order valence-electron chi connectivity index (χ4n) is 2.80. The fourth-order valence-corrected chi connectivity index (χ4v) is 3.27. The Kier molecular flexibility index (Phi) is 9.74. The molecule has 0 aliphatic carbocycles. The molecule has 0 radical (unpaired) electrons. The summed E-state index contributed by atoms with van der Waals surface area (Å²) in [6.45, 7) is 5.68. The van der Waals surface area contributed by atoms with Gasteiger partial charge in [-0.2, -0.15) is 10.2 Å². The van der Waals surface area contributed by atoms with Crippen molar-refractivity contribution in [2.24, 2.45) is 10.2 Å². The van der Waals surface area contributed by atoms with Crippen LogP contribution in [-0.4, -0.2) is 45.2 Å². The van der Waals surface area contributed by atoms with Crippen molar-refractivity contribution in [3.63, 3.8) is 0 Å². The summed E-state index contributed by atoms with van der Waals surface area (Å²) in [5, 5.41) is 8.13. The van der Waals surface area contributed by atoms with E-state index in [0.29, 0.717) is 36.2 Å². The van der Waals surface area contributed by atoms with Crippen LogP contribution in [0.2, 0.25) is 5.02 Å². The van der Waals surface area contributed by atoms with Gasteiger partial charge in [0.25, 0.3) is 5.91 Å². The van der Waals surface area contributed by atoms with E-state index < -0.39 is 17.7 Å². The van der Waals surface area contributed by atoms with E-state index in [0.717, 1.165) is 4.42 Å². The number of hydrogen-bond donors (Lipinski definition) is 0. The molecule has 1 atom stereocenters. The second-order valence-corrected chi connectivity index (χ2v) is 7.28. The highest BCUT2D eigenvalue weighted by Gasteiger charge is 2.29. The first kappa shape index (κ1) is 26.2. The van der Waals surface area contributed by atoms with Crippen LogP contribution in [-0.2, 0) is 9.59 Å². The maximum atomic E-state index is 13.0. The third kappa shape index (κ3) is 6.72. The van der Waals surface area contributed by atoms with E-state index in [4.69, 9.17) is 42.3 Å². The van der Waals surface area contributed by atoms with E-state index in [9.17, 15) is 9.59 Å². The van der Waals surface area contributed by atoms with E-state index in [1.165, 1.54) is 33.3 Å². The third-order valence-corrected chi connectivity index (χ3v) is 4.88. The van der Waals surface area contributed by atoms with Crippen molar-refractivity contribution in [1.29, 1.82) is 0 Å². The predicted octanol–water partition coefficient (Wildman–Crippen LogP) is 5.38. The van der Waals surface area contributed by atoms with Crippen LogP contribution in [0.25, 0.3) is 0 Å². The first-order chi connectivity index (χ1) is 15.7. The van der Waals surface area contributed by atoms with E-state index in [2.05, 4.69) is 10.2 Å². The molecule has 0 aliphatic heterocycles. The van der Waals surface area contributed by atoms with Crippen molar-refractivity contribution in [2.45, 2.75) is 26.8 Å². The molecule has 0 fully saturated rings. The second-order valence-electron chi connectivity index (χ2n) is 6.54.